The van der Waals surface area contributed by atoms with Crippen LogP contribution in [0.1, 0.15) is 11.1 Å². The summed E-state index contributed by atoms with van der Waals surface area (Å²) >= 11 is 3.38. The molecule has 2 aromatic carbocycles. The Morgan fingerprint density at radius 1 is 1.05 bits per heavy atom. The topological polar surface area (TPSA) is 46.2 Å². The van der Waals surface area contributed by atoms with Gasteiger partial charge in [0, 0.05) is 11.4 Å². The Bertz CT molecular complexity index is 669. The molecule has 112 valence electrons. The van der Waals surface area contributed by atoms with Crippen molar-refractivity contribution in [1.82, 2.24) is 4.72 Å². The zero-order chi connectivity index (χ0) is 15.3. The molecule has 0 aliphatic heterocycles. The molecule has 21 heavy (non-hydrogen) atoms. The Morgan fingerprint density at radius 2 is 1.67 bits per heavy atom. The predicted molar refractivity (Wildman–Crippen MR) is 89.2 cm³/mol. The Kier molecular flexibility index (Phi) is 5.56. The number of nitrogens with one attached hydrogen (secondary N) is 1. The normalized spacial score (nSPS) is 13.0. The average Bonchev–Trinajstić information content (AvgIpc) is 2.48. The summed E-state index contributed by atoms with van der Waals surface area (Å²) in [4.78, 5) is 0.298. The lowest BCUT2D eigenvalue weighted by Gasteiger charge is -2.16. The molecule has 0 unspecified atom stereocenters. The Morgan fingerprint density at radius 3 is 2.24 bits per heavy atom. The molecule has 2 rings (SSSR count). The number of hydrogen-bond donors (Lipinski definition) is 1. The lowest BCUT2D eigenvalue weighted by molar-refractivity contribution is 0.562. The number of hydrogen-bond acceptors (Lipinski definition) is 2. The maximum atomic E-state index is 12.4. The number of aryl methyl sites for hydroxylation is 1. The van der Waals surface area contributed by atoms with Crippen LogP contribution in [0.4, 0.5) is 0 Å². The molecule has 0 aromatic heterocycles. The van der Waals surface area contributed by atoms with Crippen molar-refractivity contribution in [2.24, 2.45) is 0 Å². The second-order valence-corrected chi connectivity index (χ2v) is 7.34. The maximum absolute atomic E-state index is 12.4. The zero-order valence-electron chi connectivity index (χ0n) is 11.8. The lowest BCUT2D eigenvalue weighted by Crippen LogP contribution is -2.37. The molecule has 0 saturated heterocycles. The minimum absolute atomic E-state index is 0.182. The molecule has 0 heterocycles. The molecule has 1 atom stereocenters. The summed E-state index contributed by atoms with van der Waals surface area (Å²) in [6.45, 7) is 1.93. The maximum Gasteiger partial charge on any atom is 0.240 e. The van der Waals surface area contributed by atoms with Crippen molar-refractivity contribution >= 4 is 26.0 Å². The van der Waals surface area contributed by atoms with E-state index in [-0.39, 0.29) is 6.04 Å². The molecule has 5 heteroatoms. The Labute approximate surface area is 134 Å². The smallest absolute Gasteiger partial charge is 0.207 e. The highest BCUT2D eigenvalue weighted by Gasteiger charge is 2.19. The van der Waals surface area contributed by atoms with Gasteiger partial charge >= 0.3 is 0 Å². The minimum Gasteiger partial charge on any atom is -0.207 e. The third-order valence-electron chi connectivity index (χ3n) is 3.16. The zero-order valence-corrected chi connectivity index (χ0v) is 14.2. The summed E-state index contributed by atoms with van der Waals surface area (Å²) in [5, 5.41) is 0.562. The summed E-state index contributed by atoms with van der Waals surface area (Å²) in [5.74, 6) is 0. The van der Waals surface area contributed by atoms with E-state index in [0.717, 1.165) is 11.1 Å². The number of rotatable bonds is 6. The van der Waals surface area contributed by atoms with E-state index in [4.69, 9.17) is 0 Å². The number of benzene rings is 2. The molecule has 2 aromatic rings. The summed E-state index contributed by atoms with van der Waals surface area (Å²) < 4.78 is 27.5. The van der Waals surface area contributed by atoms with Gasteiger partial charge in [-0.1, -0.05) is 64.0 Å². The number of alkyl halides is 1. The quantitative estimate of drug-likeness (QED) is 0.796. The molecule has 0 radical (unpaired) electrons. The van der Waals surface area contributed by atoms with E-state index in [2.05, 4.69) is 20.7 Å². The van der Waals surface area contributed by atoms with E-state index in [1.165, 1.54) is 0 Å². The van der Waals surface area contributed by atoms with Crippen LogP contribution in [-0.4, -0.2) is 19.8 Å². The third kappa shape index (κ3) is 4.66. The Hall–Kier alpha value is -1.17. The van der Waals surface area contributed by atoms with Gasteiger partial charge in [0.1, 0.15) is 0 Å². The van der Waals surface area contributed by atoms with Crippen molar-refractivity contribution < 1.29 is 8.42 Å². The first-order valence-electron chi connectivity index (χ1n) is 6.70. The van der Waals surface area contributed by atoms with Crippen molar-refractivity contribution in [1.29, 1.82) is 0 Å². The highest BCUT2D eigenvalue weighted by molar-refractivity contribution is 9.09. The van der Waals surface area contributed by atoms with E-state index in [1.54, 1.807) is 24.3 Å². The summed E-state index contributed by atoms with van der Waals surface area (Å²) in [5.41, 5.74) is 2.14. The lowest BCUT2D eigenvalue weighted by atomic mass is 10.1. The SMILES string of the molecule is Cc1ccc(S(=O)(=O)N[C@@H](CBr)Cc2ccccc2)cc1. The van der Waals surface area contributed by atoms with E-state index in [9.17, 15) is 8.42 Å². The van der Waals surface area contributed by atoms with Gasteiger partial charge in [0.2, 0.25) is 10.0 Å². The highest BCUT2D eigenvalue weighted by Crippen LogP contribution is 2.13. The number of sulfonamides is 1. The van der Waals surface area contributed by atoms with Crippen molar-refractivity contribution in [3.63, 3.8) is 0 Å². The van der Waals surface area contributed by atoms with Crippen LogP contribution in [0.2, 0.25) is 0 Å². The van der Waals surface area contributed by atoms with E-state index >= 15 is 0 Å². The second kappa shape index (κ2) is 7.20. The van der Waals surface area contributed by atoms with E-state index in [1.807, 2.05) is 37.3 Å². The molecule has 0 bridgehead atoms. The van der Waals surface area contributed by atoms with Crippen LogP contribution in [-0.2, 0) is 16.4 Å². The second-order valence-electron chi connectivity index (χ2n) is 4.98. The molecule has 1 N–H and O–H groups in total. The molecule has 0 fully saturated rings. The van der Waals surface area contributed by atoms with Gasteiger partial charge in [-0.05, 0) is 31.0 Å². The molecule has 0 amide bonds. The standard InChI is InChI=1S/C16H18BrNO2S/c1-13-7-9-16(10-8-13)21(19,20)18-15(12-17)11-14-5-3-2-4-6-14/h2-10,15,18H,11-12H2,1H3/t15-/m1/s1. The van der Waals surface area contributed by atoms with Crippen LogP contribution >= 0.6 is 15.9 Å². The fourth-order valence-electron chi connectivity index (χ4n) is 2.03. The highest BCUT2D eigenvalue weighted by atomic mass is 79.9. The van der Waals surface area contributed by atoms with Crippen LogP contribution in [0, 0.1) is 6.92 Å². The molecule has 0 spiro atoms. The van der Waals surface area contributed by atoms with Crippen LogP contribution in [0.25, 0.3) is 0 Å². The van der Waals surface area contributed by atoms with Crippen molar-refractivity contribution in [3.05, 3.63) is 65.7 Å². The van der Waals surface area contributed by atoms with Gasteiger partial charge in [-0.3, -0.25) is 0 Å². The third-order valence-corrected chi connectivity index (χ3v) is 5.48. The Balaban J connectivity index is 2.12. The molecule has 0 saturated carbocycles. The van der Waals surface area contributed by atoms with Gasteiger partial charge in [0.25, 0.3) is 0 Å². The monoisotopic (exact) mass is 367 g/mol. The fraction of sp³-hybridized carbons (Fsp3) is 0.250. The fourth-order valence-corrected chi connectivity index (χ4v) is 3.87. The predicted octanol–water partition coefficient (Wildman–Crippen LogP) is 3.28. The summed E-state index contributed by atoms with van der Waals surface area (Å²) in [6, 6.07) is 16.5. The summed E-state index contributed by atoms with van der Waals surface area (Å²) in [7, 11) is -3.49. The van der Waals surface area contributed by atoms with Crippen molar-refractivity contribution in [2.45, 2.75) is 24.3 Å². The molecule has 3 nitrogen and oxygen atoms in total. The largest absolute Gasteiger partial charge is 0.240 e. The first-order chi connectivity index (χ1) is 10.0. The van der Waals surface area contributed by atoms with Crippen LogP contribution in [0.5, 0.6) is 0 Å². The van der Waals surface area contributed by atoms with Crippen LogP contribution < -0.4 is 4.72 Å². The van der Waals surface area contributed by atoms with Crippen molar-refractivity contribution in [2.75, 3.05) is 5.33 Å². The van der Waals surface area contributed by atoms with E-state index < -0.39 is 10.0 Å². The van der Waals surface area contributed by atoms with Gasteiger partial charge in [-0.2, -0.15) is 0 Å². The van der Waals surface area contributed by atoms with Gasteiger partial charge < -0.3 is 0 Å². The van der Waals surface area contributed by atoms with Gasteiger partial charge in [0.05, 0.1) is 4.90 Å². The van der Waals surface area contributed by atoms with E-state index in [0.29, 0.717) is 16.6 Å². The van der Waals surface area contributed by atoms with Gasteiger partial charge in [-0.25, -0.2) is 13.1 Å². The first kappa shape index (κ1) is 16.2. The first-order valence-corrected chi connectivity index (χ1v) is 9.30. The molecular weight excluding hydrogens is 350 g/mol. The molecule has 0 aliphatic rings. The molecular formula is C16H18BrNO2S. The van der Waals surface area contributed by atoms with Crippen molar-refractivity contribution in [3.8, 4) is 0 Å². The van der Waals surface area contributed by atoms with Gasteiger partial charge in [-0.15, -0.1) is 0 Å². The summed E-state index contributed by atoms with van der Waals surface area (Å²) in [6.07, 6.45) is 0.650. The minimum atomic E-state index is -3.49. The molecule has 0 aliphatic carbocycles. The average molecular weight is 368 g/mol. The van der Waals surface area contributed by atoms with Crippen LogP contribution in [0.15, 0.2) is 59.5 Å². The van der Waals surface area contributed by atoms with Crippen LogP contribution in [0.3, 0.4) is 0 Å². The van der Waals surface area contributed by atoms with Gasteiger partial charge in [0.15, 0.2) is 0 Å². The number of halogens is 1.